The van der Waals surface area contributed by atoms with Crippen LogP contribution in [0.1, 0.15) is 50.6 Å². The normalized spacial score (nSPS) is 19.5. The quantitative estimate of drug-likeness (QED) is 0.672. The van der Waals surface area contributed by atoms with E-state index < -0.39 is 0 Å². The van der Waals surface area contributed by atoms with Crippen LogP contribution in [0.5, 0.6) is 0 Å². The molecule has 0 saturated carbocycles. The number of rotatable bonds is 5. The molecule has 2 aliphatic rings. The van der Waals surface area contributed by atoms with Crippen molar-refractivity contribution in [3.05, 3.63) is 39.9 Å². The highest BCUT2D eigenvalue weighted by atomic mass is 35.5. The highest BCUT2D eigenvalue weighted by Gasteiger charge is 2.41. The van der Waals surface area contributed by atoms with E-state index in [-0.39, 0.29) is 41.5 Å². The fraction of sp³-hybridized carbons (Fsp3) is 0.542. The third kappa shape index (κ3) is 5.75. The van der Waals surface area contributed by atoms with Gasteiger partial charge in [-0.25, -0.2) is 0 Å². The zero-order chi connectivity index (χ0) is 24.5. The molecule has 182 valence electrons. The maximum Gasteiger partial charge on any atom is 0.229 e. The van der Waals surface area contributed by atoms with Gasteiger partial charge in [-0.15, -0.1) is 10.2 Å². The van der Waals surface area contributed by atoms with Gasteiger partial charge in [-0.2, -0.15) is 0 Å². The van der Waals surface area contributed by atoms with Gasteiger partial charge >= 0.3 is 0 Å². The van der Waals surface area contributed by atoms with Crippen LogP contribution in [-0.2, 0) is 20.8 Å². The number of nitrogens with zero attached hydrogens (tertiary/aromatic N) is 4. The number of carbonyl (C=O) groups is 3. The van der Waals surface area contributed by atoms with E-state index in [1.165, 1.54) is 11.3 Å². The lowest BCUT2D eigenvalue weighted by Gasteiger charge is -2.34. The molecule has 1 aromatic heterocycles. The molecule has 34 heavy (non-hydrogen) atoms. The average Bonchev–Trinajstić information content (AvgIpc) is 3.41. The summed E-state index contributed by atoms with van der Waals surface area (Å²) in [4.78, 5) is 41.7. The molecule has 1 aromatic carbocycles. The molecule has 2 aliphatic heterocycles. The molecule has 3 amide bonds. The van der Waals surface area contributed by atoms with Gasteiger partial charge in [-0.1, -0.05) is 35.1 Å². The van der Waals surface area contributed by atoms with Gasteiger partial charge in [0.1, 0.15) is 5.01 Å². The van der Waals surface area contributed by atoms with Crippen LogP contribution in [-0.4, -0.2) is 62.9 Å². The summed E-state index contributed by atoms with van der Waals surface area (Å²) >= 11 is 7.29. The van der Waals surface area contributed by atoms with Crippen LogP contribution < -0.4 is 5.32 Å². The fourth-order valence-electron chi connectivity index (χ4n) is 4.50. The van der Waals surface area contributed by atoms with Crippen molar-refractivity contribution < 1.29 is 14.4 Å². The third-order valence-corrected chi connectivity index (χ3v) is 7.52. The van der Waals surface area contributed by atoms with E-state index >= 15 is 0 Å². The van der Waals surface area contributed by atoms with Gasteiger partial charge in [0.05, 0.1) is 5.92 Å². The Balaban J connectivity index is 1.25. The topological polar surface area (TPSA) is 95.5 Å². The third-order valence-electron chi connectivity index (χ3n) is 6.43. The first-order valence-corrected chi connectivity index (χ1v) is 12.8. The molecule has 0 bridgehead atoms. The lowest BCUT2D eigenvalue weighted by Crippen LogP contribution is -2.46. The number of amides is 3. The van der Waals surface area contributed by atoms with Crippen LogP contribution in [0.3, 0.4) is 0 Å². The van der Waals surface area contributed by atoms with E-state index in [9.17, 15) is 14.4 Å². The molecule has 2 aromatic rings. The number of hydrogen-bond acceptors (Lipinski definition) is 6. The monoisotopic (exact) mass is 503 g/mol. The van der Waals surface area contributed by atoms with E-state index in [2.05, 4.69) is 15.5 Å². The minimum absolute atomic E-state index is 0.0231. The van der Waals surface area contributed by atoms with Gasteiger partial charge in [0.2, 0.25) is 22.9 Å². The Kier molecular flexibility index (Phi) is 7.23. The summed E-state index contributed by atoms with van der Waals surface area (Å²) < 4.78 is 0. The maximum atomic E-state index is 13.0. The molecule has 2 fully saturated rings. The number of aromatic nitrogens is 2. The molecule has 10 heteroatoms. The van der Waals surface area contributed by atoms with Gasteiger partial charge in [-0.05, 0) is 51.3 Å². The predicted octanol–water partition coefficient (Wildman–Crippen LogP) is 3.61. The van der Waals surface area contributed by atoms with Crippen molar-refractivity contribution in [2.45, 2.75) is 52.0 Å². The van der Waals surface area contributed by atoms with Crippen molar-refractivity contribution in [3.8, 4) is 0 Å². The van der Waals surface area contributed by atoms with Gasteiger partial charge < -0.3 is 15.1 Å². The molecular formula is C24H30ClN5O3S. The van der Waals surface area contributed by atoms with E-state index in [1.807, 2.05) is 49.9 Å². The number of benzene rings is 1. The summed E-state index contributed by atoms with van der Waals surface area (Å²) in [6.07, 6.45) is 2.09. The molecule has 4 rings (SSSR count). The van der Waals surface area contributed by atoms with Crippen LogP contribution in [0, 0.1) is 11.8 Å². The molecule has 1 unspecified atom stereocenters. The Morgan fingerprint density at radius 3 is 2.41 bits per heavy atom. The van der Waals surface area contributed by atoms with Crippen molar-refractivity contribution in [2.75, 3.05) is 25.0 Å². The van der Waals surface area contributed by atoms with Crippen molar-refractivity contribution in [3.63, 3.8) is 0 Å². The van der Waals surface area contributed by atoms with Crippen molar-refractivity contribution in [1.82, 2.24) is 20.0 Å². The van der Waals surface area contributed by atoms with Gasteiger partial charge in [0, 0.05) is 49.0 Å². The zero-order valence-corrected chi connectivity index (χ0v) is 21.3. The summed E-state index contributed by atoms with van der Waals surface area (Å²) in [5.41, 5.74) is 0.793. The number of nitrogens with one attached hydrogen (secondary N) is 1. The molecule has 1 atom stereocenters. The van der Waals surface area contributed by atoms with Crippen LogP contribution in [0.4, 0.5) is 5.13 Å². The van der Waals surface area contributed by atoms with Crippen LogP contribution in [0.25, 0.3) is 0 Å². The van der Waals surface area contributed by atoms with Crippen LogP contribution in [0.15, 0.2) is 24.3 Å². The number of likely N-dealkylation sites (tertiary alicyclic amines) is 2. The largest absolute Gasteiger partial charge is 0.342 e. The molecule has 0 spiro atoms. The number of hydrogen-bond donors (Lipinski definition) is 1. The molecule has 0 radical (unpaired) electrons. The first-order chi connectivity index (χ1) is 16.1. The van der Waals surface area contributed by atoms with Crippen molar-refractivity contribution >= 4 is 45.8 Å². The molecule has 2 saturated heterocycles. The summed E-state index contributed by atoms with van der Waals surface area (Å²) in [6.45, 7) is 7.47. The summed E-state index contributed by atoms with van der Waals surface area (Å²) in [6, 6.07) is 7.56. The van der Waals surface area contributed by atoms with Crippen LogP contribution >= 0.6 is 22.9 Å². The highest BCUT2D eigenvalue weighted by molar-refractivity contribution is 7.15. The first kappa shape index (κ1) is 24.6. The smallest absolute Gasteiger partial charge is 0.229 e. The molecule has 8 nitrogen and oxygen atoms in total. The Morgan fingerprint density at radius 2 is 1.79 bits per heavy atom. The van der Waals surface area contributed by atoms with E-state index in [0.717, 1.165) is 10.6 Å². The van der Waals surface area contributed by atoms with Crippen molar-refractivity contribution in [2.24, 2.45) is 11.8 Å². The number of piperidine rings is 1. The molecule has 0 aliphatic carbocycles. The van der Waals surface area contributed by atoms with Gasteiger partial charge in [0.15, 0.2) is 0 Å². The Bertz CT molecular complexity index is 1060. The Hall–Kier alpha value is -2.52. The Labute approximate surface area is 208 Å². The second-order valence-corrected chi connectivity index (χ2v) is 11.5. The fourth-order valence-corrected chi connectivity index (χ4v) is 5.40. The molecule has 3 heterocycles. The second kappa shape index (κ2) is 10.00. The lowest BCUT2D eigenvalue weighted by atomic mass is 9.94. The van der Waals surface area contributed by atoms with E-state index in [0.29, 0.717) is 49.1 Å². The number of halogens is 1. The van der Waals surface area contributed by atoms with Crippen LogP contribution in [0.2, 0.25) is 5.02 Å². The molecular weight excluding hydrogens is 474 g/mol. The number of carbonyl (C=O) groups excluding carboxylic acids is 3. The minimum atomic E-state index is -0.294. The van der Waals surface area contributed by atoms with Crippen molar-refractivity contribution in [1.29, 1.82) is 0 Å². The summed E-state index contributed by atoms with van der Waals surface area (Å²) in [5.74, 6) is -0.500. The SMILES string of the molecule is CC(C)(C)N1CC(C(=O)N2CCC(C(=O)Nc3nnc(Cc4ccc(Cl)cc4)s3)CC2)CC1=O. The highest BCUT2D eigenvalue weighted by Crippen LogP contribution is 2.29. The zero-order valence-electron chi connectivity index (χ0n) is 19.7. The predicted molar refractivity (Wildman–Crippen MR) is 132 cm³/mol. The average molecular weight is 504 g/mol. The summed E-state index contributed by atoms with van der Waals surface area (Å²) in [5, 5.41) is 13.1. The first-order valence-electron chi connectivity index (χ1n) is 11.6. The van der Waals surface area contributed by atoms with E-state index in [1.54, 1.807) is 4.90 Å². The second-order valence-electron chi connectivity index (χ2n) is 9.97. The summed E-state index contributed by atoms with van der Waals surface area (Å²) in [7, 11) is 0. The maximum absolute atomic E-state index is 13.0. The number of anilines is 1. The minimum Gasteiger partial charge on any atom is -0.342 e. The van der Waals surface area contributed by atoms with Gasteiger partial charge in [0.25, 0.3) is 0 Å². The lowest BCUT2D eigenvalue weighted by molar-refractivity contribution is -0.138. The Morgan fingerprint density at radius 1 is 1.12 bits per heavy atom. The van der Waals surface area contributed by atoms with E-state index in [4.69, 9.17) is 11.6 Å². The molecule has 1 N–H and O–H groups in total. The standard InChI is InChI=1S/C24H30ClN5O3S/c1-24(2,3)30-14-17(13-20(30)31)22(33)29-10-8-16(9-11-29)21(32)26-23-28-27-19(34-23)12-15-4-6-18(25)7-5-15/h4-7,16-17H,8-14H2,1-3H3,(H,26,28,32). The van der Waals surface area contributed by atoms with Gasteiger partial charge in [-0.3, -0.25) is 14.4 Å².